The Labute approximate surface area is 121 Å². The summed E-state index contributed by atoms with van der Waals surface area (Å²) in [4.78, 5) is 1.99. The molecule has 3 rings (SSSR count). The Morgan fingerprint density at radius 3 is 2.89 bits per heavy atom. The molecule has 104 valence electrons. The fourth-order valence-corrected chi connectivity index (χ4v) is 4.00. The number of hydrogen-bond acceptors (Lipinski definition) is 1. The minimum atomic E-state index is -2.51. The molecule has 0 bridgehead atoms. The molecule has 2 aliphatic rings. The summed E-state index contributed by atoms with van der Waals surface area (Å²) in [5.41, 5.74) is 2.56. The quantitative estimate of drug-likeness (QED) is 0.730. The van der Waals surface area contributed by atoms with Crippen LogP contribution in [0.25, 0.3) is 0 Å². The Hall–Kier alpha value is -0.480. The Kier molecular flexibility index (Phi) is 3.65. The van der Waals surface area contributed by atoms with Gasteiger partial charge < -0.3 is 0 Å². The van der Waals surface area contributed by atoms with E-state index in [-0.39, 0.29) is 19.0 Å². The molecule has 1 saturated heterocycles. The summed E-state index contributed by atoms with van der Waals surface area (Å²) in [7, 11) is 0. The summed E-state index contributed by atoms with van der Waals surface area (Å²) >= 11 is 3.59. The average Bonchev–Trinajstić information content (AvgIpc) is 2.37. The molecule has 1 nitrogen and oxygen atoms in total. The number of piperidine rings is 1. The predicted molar refractivity (Wildman–Crippen MR) is 75.6 cm³/mol. The van der Waals surface area contributed by atoms with Crippen LogP contribution in [0.15, 0.2) is 22.7 Å². The van der Waals surface area contributed by atoms with Crippen molar-refractivity contribution in [2.45, 2.75) is 44.1 Å². The third-order valence-corrected chi connectivity index (χ3v) is 5.02. The van der Waals surface area contributed by atoms with E-state index in [1.54, 1.807) is 0 Å². The molecule has 1 aliphatic heterocycles. The highest BCUT2D eigenvalue weighted by molar-refractivity contribution is 9.10. The lowest BCUT2D eigenvalue weighted by molar-refractivity contribution is -0.0771. The topological polar surface area (TPSA) is 3.24 Å². The van der Waals surface area contributed by atoms with Crippen LogP contribution in [0.1, 0.15) is 42.9 Å². The van der Waals surface area contributed by atoms with E-state index in [4.69, 9.17) is 0 Å². The molecule has 0 spiro atoms. The van der Waals surface area contributed by atoms with Crippen molar-refractivity contribution in [3.63, 3.8) is 0 Å². The summed E-state index contributed by atoms with van der Waals surface area (Å²) in [5.74, 6) is -2.51. The van der Waals surface area contributed by atoms with Gasteiger partial charge in [-0.15, -0.1) is 0 Å². The second-order valence-corrected chi connectivity index (χ2v) is 6.50. The van der Waals surface area contributed by atoms with E-state index in [2.05, 4.69) is 22.0 Å². The van der Waals surface area contributed by atoms with Crippen molar-refractivity contribution in [2.24, 2.45) is 0 Å². The van der Waals surface area contributed by atoms with Crippen molar-refractivity contribution < 1.29 is 8.78 Å². The first kappa shape index (κ1) is 13.5. The van der Waals surface area contributed by atoms with Gasteiger partial charge in [-0.3, -0.25) is 4.90 Å². The molecule has 1 heterocycles. The van der Waals surface area contributed by atoms with E-state index >= 15 is 0 Å². The van der Waals surface area contributed by atoms with Gasteiger partial charge in [-0.1, -0.05) is 28.1 Å². The van der Waals surface area contributed by atoms with E-state index in [1.165, 1.54) is 11.1 Å². The van der Waals surface area contributed by atoms with Crippen LogP contribution in [0, 0.1) is 0 Å². The first-order valence-corrected chi connectivity index (χ1v) is 7.75. The predicted octanol–water partition coefficient (Wildman–Crippen LogP) is 4.56. The van der Waals surface area contributed by atoms with Gasteiger partial charge in [0.15, 0.2) is 0 Å². The molecule has 1 atom stereocenters. The van der Waals surface area contributed by atoms with Crippen molar-refractivity contribution in [3.05, 3.63) is 33.8 Å². The summed E-state index contributed by atoms with van der Waals surface area (Å²) in [5, 5.41) is 0. The second kappa shape index (κ2) is 5.13. The normalized spacial score (nSPS) is 27.0. The Balaban J connectivity index is 1.89. The highest BCUT2D eigenvalue weighted by atomic mass is 79.9. The van der Waals surface area contributed by atoms with E-state index in [0.29, 0.717) is 6.42 Å². The van der Waals surface area contributed by atoms with Gasteiger partial charge in [0, 0.05) is 16.9 Å². The maximum absolute atomic E-state index is 13.6. The zero-order chi connectivity index (χ0) is 13.5. The maximum Gasteiger partial charge on any atom is 0.260 e. The number of halogens is 3. The number of fused-ring (bicyclic) bond motifs is 1. The summed E-state index contributed by atoms with van der Waals surface area (Å²) < 4.78 is 28.4. The lowest BCUT2D eigenvalue weighted by Crippen LogP contribution is -2.45. The first-order chi connectivity index (χ1) is 9.07. The highest BCUT2D eigenvalue weighted by Gasteiger charge is 2.39. The number of hydrogen-bond donors (Lipinski definition) is 0. The van der Waals surface area contributed by atoms with Crippen LogP contribution >= 0.6 is 15.9 Å². The lowest BCUT2D eigenvalue weighted by atomic mass is 9.86. The van der Waals surface area contributed by atoms with E-state index < -0.39 is 5.92 Å². The monoisotopic (exact) mass is 329 g/mol. The van der Waals surface area contributed by atoms with Crippen LogP contribution in [-0.4, -0.2) is 23.9 Å². The summed E-state index contributed by atoms with van der Waals surface area (Å²) in [6.07, 6.45) is 3.79. The van der Waals surface area contributed by atoms with Crippen LogP contribution in [0.2, 0.25) is 0 Å². The van der Waals surface area contributed by atoms with Crippen molar-refractivity contribution in [2.75, 3.05) is 13.1 Å². The fourth-order valence-electron chi connectivity index (χ4n) is 3.42. The number of benzene rings is 1. The zero-order valence-electron chi connectivity index (χ0n) is 10.8. The molecule has 1 unspecified atom stereocenters. The third-order valence-electron chi connectivity index (χ3n) is 4.28. The molecule has 0 aromatic heterocycles. The lowest BCUT2D eigenvalue weighted by Gasteiger charge is -2.40. The van der Waals surface area contributed by atoms with Crippen LogP contribution in [0.3, 0.4) is 0 Å². The number of rotatable bonds is 1. The molecule has 0 saturated carbocycles. The first-order valence-electron chi connectivity index (χ1n) is 6.96. The highest BCUT2D eigenvalue weighted by Crippen LogP contribution is 2.40. The van der Waals surface area contributed by atoms with Crippen molar-refractivity contribution in [1.82, 2.24) is 4.90 Å². The fraction of sp³-hybridized carbons (Fsp3) is 0.600. The number of nitrogens with zero attached hydrogens (tertiary/aromatic N) is 1. The van der Waals surface area contributed by atoms with Crippen molar-refractivity contribution in [1.29, 1.82) is 0 Å². The average molecular weight is 330 g/mol. The van der Waals surface area contributed by atoms with Gasteiger partial charge in [0.05, 0.1) is 6.54 Å². The molecule has 19 heavy (non-hydrogen) atoms. The Morgan fingerprint density at radius 2 is 2.11 bits per heavy atom. The van der Waals surface area contributed by atoms with Crippen LogP contribution in [0.5, 0.6) is 0 Å². The summed E-state index contributed by atoms with van der Waals surface area (Å²) in [6, 6.07) is 6.35. The molecular weight excluding hydrogens is 312 g/mol. The molecule has 1 aromatic rings. The van der Waals surface area contributed by atoms with Crippen molar-refractivity contribution >= 4 is 15.9 Å². The molecule has 4 heteroatoms. The molecule has 0 amide bonds. The Morgan fingerprint density at radius 1 is 1.26 bits per heavy atom. The largest absolute Gasteiger partial charge is 0.290 e. The van der Waals surface area contributed by atoms with Gasteiger partial charge in [0.1, 0.15) is 0 Å². The van der Waals surface area contributed by atoms with Crippen LogP contribution in [-0.2, 0) is 6.42 Å². The van der Waals surface area contributed by atoms with Crippen LogP contribution in [0.4, 0.5) is 8.78 Å². The van der Waals surface area contributed by atoms with E-state index in [1.807, 2.05) is 17.0 Å². The smallest absolute Gasteiger partial charge is 0.260 e. The molecule has 1 fully saturated rings. The van der Waals surface area contributed by atoms with Gasteiger partial charge in [-0.2, -0.15) is 0 Å². The van der Waals surface area contributed by atoms with Crippen LogP contribution < -0.4 is 0 Å². The molecule has 1 aromatic carbocycles. The SMILES string of the molecule is FC1(F)CCCN(C2CCCc3c(Br)cccc32)C1. The van der Waals surface area contributed by atoms with Crippen molar-refractivity contribution in [3.8, 4) is 0 Å². The van der Waals surface area contributed by atoms with Gasteiger partial charge in [0.2, 0.25) is 0 Å². The van der Waals surface area contributed by atoms with Gasteiger partial charge in [-0.05, 0) is 49.4 Å². The maximum atomic E-state index is 13.6. The zero-order valence-corrected chi connectivity index (χ0v) is 12.4. The van der Waals surface area contributed by atoms with Gasteiger partial charge >= 0.3 is 0 Å². The number of alkyl halides is 2. The van der Waals surface area contributed by atoms with Gasteiger partial charge in [0.25, 0.3) is 5.92 Å². The minimum Gasteiger partial charge on any atom is -0.290 e. The summed E-state index contributed by atoms with van der Waals surface area (Å²) in [6.45, 7) is 0.718. The number of likely N-dealkylation sites (tertiary alicyclic amines) is 1. The van der Waals surface area contributed by atoms with E-state index in [9.17, 15) is 8.78 Å². The Bertz CT molecular complexity index is 475. The third kappa shape index (κ3) is 2.70. The second-order valence-electron chi connectivity index (χ2n) is 5.65. The molecule has 0 N–H and O–H groups in total. The van der Waals surface area contributed by atoms with E-state index in [0.717, 1.165) is 30.3 Å². The minimum absolute atomic E-state index is 0.0432. The standard InChI is InChI=1S/C15H18BrF2N/c16-13-6-1-5-12-11(13)4-2-7-14(12)19-9-3-8-15(17,18)10-19/h1,5-6,14H,2-4,7-10H2. The molecular formula is C15H18BrF2N. The molecule has 0 radical (unpaired) electrons. The van der Waals surface area contributed by atoms with Gasteiger partial charge in [-0.25, -0.2) is 8.78 Å². The molecule has 1 aliphatic carbocycles.